The maximum absolute atomic E-state index is 5.73. The highest BCUT2D eigenvalue weighted by Crippen LogP contribution is 2.11. The molecular formula is C9H11ClN2. The van der Waals surface area contributed by atoms with Crippen molar-refractivity contribution in [1.82, 2.24) is 0 Å². The molecule has 1 aromatic carbocycles. The molecule has 0 aliphatic rings. The lowest BCUT2D eigenvalue weighted by molar-refractivity contribution is 1.17. The third-order valence-corrected chi connectivity index (χ3v) is 1.92. The van der Waals surface area contributed by atoms with Crippen molar-refractivity contribution in [3.05, 3.63) is 34.9 Å². The number of hydrazone groups is 1. The molecule has 12 heavy (non-hydrogen) atoms. The van der Waals surface area contributed by atoms with Gasteiger partial charge in [-0.2, -0.15) is 5.10 Å². The normalized spacial score (nSPS) is 11.7. The van der Waals surface area contributed by atoms with Crippen LogP contribution in [0.3, 0.4) is 0 Å². The van der Waals surface area contributed by atoms with Gasteiger partial charge in [0.25, 0.3) is 0 Å². The van der Waals surface area contributed by atoms with E-state index in [0.29, 0.717) is 0 Å². The van der Waals surface area contributed by atoms with Crippen molar-refractivity contribution < 1.29 is 0 Å². The van der Waals surface area contributed by atoms with Gasteiger partial charge in [0.2, 0.25) is 0 Å². The maximum atomic E-state index is 5.73. The fourth-order valence-corrected chi connectivity index (χ4v) is 1.14. The van der Waals surface area contributed by atoms with E-state index < -0.39 is 0 Å². The van der Waals surface area contributed by atoms with E-state index in [1.54, 1.807) is 0 Å². The third kappa shape index (κ3) is 1.98. The number of hydrogen-bond acceptors (Lipinski definition) is 2. The van der Waals surface area contributed by atoms with E-state index >= 15 is 0 Å². The van der Waals surface area contributed by atoms with E-state index in [1.807, 2.05) is 31.2 Å². The zero-order valence-electron chi connectivity index (χ0n) is 6.92. The summed E-state index contributed by atoms with van der Waals surface area (Å²) in [6.45, 7) is 2.01. The molecule has 0 aliphatic carbocycles. The Bertz CT molecular complexity index is 277. The Hall–Kier alpha value is -1.02. The SMILES string of the molecule is CC/C(=N\N)c1ccc(Cl)cc1. The Morgan fingerprint density at radius 2 is 2.00 bits per heavy atom. The van der Waals surface area contributed by atoms with Crippen LogP contribution in [0.2, 0.25) is 5.02 Å². The smallest absolute Gasteiger partial charge is 0.0670 e. The zero-order chi connectivity index (χ0) is 8.97. The fraction of sp³-hybridized carbons (Fsp3) is 0.222. The molecule has 0 spiro atoms. The lowest BCUT2D eigenvalue weighted by atomic mass is 10.1. The van der Waals surface area contributed by atoms with Gasteiger partial charge in [0.1, 0.15) is 0 Å². The summed E-state index contributed by atoms with van der Waals surface area (Å²) in [5, 5.41) is 4.41. The zero-order valence-corrected chi connectivity index (χ0v) is 7.67. The van der Waals surface area contributed by atoms with Crippen molar-refractivity contribution in [2.45, 2.75) is 13.3 Å². The highest BCUT2D eigenvalue weighted by Gasteiger charge is 1.99. The largest absolute Gasteiger partial charge is 0.323 e. The molecule has 64 valence electrons. The molecule has 0 aliphatic heterocycles. The van der Waals surface area contributed by atoms with Gasteiger partial charge in [-0.15, -0.1) is 0 Å². The van der Waals surface area contributed by atoms with Crippen LogP contribution in [0.4, 0.5) is 0 Å². The molecule has 2 nitrogen and oxygen atoms in total. The van der Waals surface area contributed by atoms with Crippen LogP contribution < -0.4 is 5.84 Å². The predicted molar refractivity (Wildman–Crippen MR) is 52.5 cm³/mol. The number of halogens is 1. The highest BCUT2D eigenvalue weighted by molar-refractivity contribution is 6.30. The van der Waals surface area contributed by atoms with Gasteiger partial charge in [-0.1, -0.05) is 30.7 Å². The molecule has 0 unspecified atom stereocenters. The molecular weight excluding hydrogens is 172 g/mol. The number of benzene rings is 1. The maximum Gasteiger partial charge on any atom is 0.0670 e. The van der Waals surface area contributed by atoms with Gasteiger partial charge in [-0.25, -0.2) is 0 Å². The van der Waals surface area contributed by atoms with Crippen LogP contribution in [0.1, 0.15) is 18.9 Å². The molecule has 0 saturated carbocycles. The first-order valence-electron chi connectivity index (χ1n) is 3.80. The summed E-state index contributed by atoms with van der Waals surface area (Å²) >= 11 is 5.73. The number of rotatable bonds is 2. The van der Waals surface area contributed by atoms with Gasteiger partial charge in [0, 0.05) is 5.02 Å². The topological polar surface area (TPSA) is 38.4 Å². The summed E-state index contributed by atoms with van der Waals surface area (Å²) in [6.07, 6.45) is 0.831. The average molecular weight is 183 g/mol. The van der Waals surface area contributed by atoms with E-state index in [9.17, 15) is 0 Å². The lowest BCUT2D eigenvalue weighted by Crippen LogP contribution is -2.01. The third-order valence-electron chi connectivity index (χ3n) is 1.67. The molecule has 3 heteroatoms. The molecule has 1 aromatic rings. The quantitative estimate of drug-likeness (QED) is 0.426. The minimum Gasteiger partial charge on any atom is -0.323 e. The summed E-state index contributed by atoms with van der Waals surface area (Å²) in [7, 11) is 0. The molecule has 1 rings (SSSR count). The second-order valence-corrected chi connectivity index (χ2v) is 2.87. The van der Waals surface area contributed by atoms with E-state index in [2.05, 4.69) is 5.10 Å². The number of hydrogen-bond donors (Lipinski definition) is 1. The molecule has 0 atom stereocenters. The van der Waals surface area contributed by atoms with Crippen molar-refractivity contribution >= 4 is 17.3 Å². The molecule has 0 aromatic heterocycles. The summed E-state index contributed by atoms with van der Waals surface area (Å²) < 4.78 is 0. The van der Waals surface area contributed by atoms with Crippen molar-refractivity contribution in [2.24, 2.45) is 10.9 Å². The van der Waals surface area contributed by atoms with Crippen molar-refractivity contribution in [1.29, 1.82) is 0 Å². The van der Waals surface area contributed by atoms with Crippen LogP contribution in [0.15, 0.2) is 29.4 Å². The summed E-state index contributed by atoms with van der Waals surface area (Å²) in [4.78, 5) is 0. The molecule has 2 N–H and O–H groups in total. The van der Waals surface area contributed by atoms with E-state index in [1.165, 1.54) is 0 Å². The van der Waals surface area contributed by atoms with Gasteiger partial charge < -0.3 is 5.84 Å². The van der Waals surface area contributed by atoms with Crippen molar-refractivity contribution in [3.8, 4) is 0 Å². The summed E-state index contributed by atoms with van der Waals surface area (Å²) in [5.74, 6) is 5.21. The summed E-state index contributed by atoms with van der Waals surface area (Å²) in [5.41, 5.74) is 1.93. The van der Waals surface area contributed by atoms with Gasteiger partial charge in [-0.3, -0.25) is 0 Å². The monoisotopic (exact) mass is 182 g/mol. The lowest BCUT2D eigenvalue weighted by Gasteiger charge is -2.00. The van der Waals surface area contributed by atoms with Crippen LogP contribution in [-0.2, 0) is 0 Å². The molecule has 0 fully saturated rings. The van der Waals surface area contributed by atoms with E-state index in [0.717, 1.165) is 22.7 Å². The minimum absolute atomic E-state index is 0.728. The Morgan fingerprint density at radius 1 is 1.42 bits per heavy atom. The molecule has 0 amide bonds. The second-order valence-electron chi connectivity index (χ2n) is 2.44. The Labute approximate surface area is 77.0 Å². The highest BCUT2D eigenvalue weighted by atomic mass is 35.5. The van der Waals surface area contributed by atoms with Crippen molar-refractivity contribution in [3.63, 3.8) is 0 Å². The molecule has 0 saturated heterocycles. The summed E-state index contributed by atoms with van der Waals surface area (Å²) in [6, 6.07) is 7.49. The first kappa shape index (κ1) is 9.07. The first-order valence-corrected chi connectivity index (χ1v) is 4.18. The van der Waals surface area contributed by atoms with Crippen molar-refractivity contribution in [2.75, 3.05) is 0 Å². The number of nitrogens with two attached hydrogens (primary N) is 1. The van der Waals surface area contributed by atoms with Crippen LogP contribution in [-0.4, -0.2) is 5.71 Å². The molecule has 0 bridgehead atoms. The number of nitrogens with zero attached hydrogens (tertiary/aromatic N) is 1. The first-order chi connectivity index (χ1) is 5.77. The predicted octanol–water partition coefficient (Wildman–Crippen LogP) is 2.41. The Kier molecular flexibility index (Phi) is 3.11. The Balaban J connectivity index is 2.96. The standard InChI is InChI=1S/C9H11ClN2/c1-2-9(12-11)7-3-5-8(10)6-4-7/h3-6H,2,11H2,1H3/b12-9+. The van der Waals surface area contributed by atoms with Gasteiger partial charge in [0.15, 0.2) is 0 Å². The minimum atomic E-state index is 0.728. The van der Waals surface area contributed by atoms with Gasteiger partial charge >= 0.3 is 0 Å². The average Bonchev–Trinajstić information content (AvgIpc) is 2.10. The fourth-order valence-electron chi connectivity index (χ4n) is 1.01. The van der Waals surface area contributed by atoms with Gasteiger partial charge in [0.05, 0.1) is 5.71 Å². The van der Waals surface area contributed by atoms with E-state index in [4.69, 9.17) is 17.4 Å². The second kappa shape index (κ2) is 4.12. The molecule has 0 radical (unpaired) electrons. The van der Waals surface area contributed by atoms with Gasteiger partial charge in [-0.05, 0) is 24.1 Å². The van der Waals surface area contributed by atoms with Crippen LogP contribution in [0.5, 0.6) is 0 Å². The molecule has 0 heterocycles. The van der Waals surface area contributed by atoms with Crippen LogP contribution in [0, 0.1) is 0 Å². The van der Waals surface area contributed by atoms with Crippen LogP contribution in [0.25, 0.3) is 0 Å². The van der Waals surface area contributed by atoms with Crippen LogP contribution >= 0.6 is 11.6 Å². The Morgan fingerprint density at radius 3 is 2.42 bits per heavy atom. The van der Waals surface area contributed by atoms with E-state index in [-0.39, 0.29) is 0 Å².